The second-order valence-electron chi connectivity index (χ2n) is 4.34. The Labute approximate surface area is 110 Å². The number of amides is 1. The third-order valence-corrected chi connectivity index (χ3v) is 3.38. The number of rotatable bonds is 6. The van der Waals surface area contributed by atoms with Crippen molar-refractivity contribution in [1.29, 1.82) is 0 Å². The van der Waals surface area contributed by atoms with Gasteiger partial charge in [-0.15, -0.1) is 0 Å². The molecule has 0 aliphatic heterocycles. The molecule has 19 heavy (non-hydrogen) atoms. The molecule has 1 amide bonds. The van der Waals surface area contributed by atoms with Crippen molar-refractivity contribution < 1.29 is 19.1 Å². The Morgan fingerprint density at radius 1 is 1.37 bits per heavy atom. The minimum Gasteiger partial charge on any atom is -0.481 e. The largest absolute Gasteiger partial charge is 0.481 e. The lowest BCUT2D eigenvalue weighted by atomic mass is 9.82. The van der Waals surface area contributed by atoms with Crippen LogP contribution in [0.15, 0.2) is 18.3 Å². The predicted molar refractivity (Wildman–Crippen MR) is 67.2 cm³/mol. The van der Waals surface area contributed by atoms with Crippen LogP contribution in [0, 0.1) is 11.4 Å². The normalized spacial score (nSPS) is 11.1. The first-order valence-electron chi connectivity index (χ1n) is 6.08. The van der Waals surface area contributed by atoms with Gasteiger partial charge in [-0.3, -0.25) is 9.59 Å². The van der Waals surface area contributed by atoms with Crippen LogP contribution in [0.2, 0.25) is 0 Å². The Kier molecular flexibility index (Phi) is 4.97. The van der Waals surface area contributed by atoms with Gasteiger partial charge in [0.05, 0.1) is 11.0 Å². The molecule has 6 heteroatoms. The number of aromatic nitrogens is 1. The molecule has 1 aromatic heterocycles. The van der Waals surface area contributed by atoms with Gasteiger partial charge >= 0.3 is 5.97 Å². The zero-order chi connectivity index (χ0) is 14.5. The zero-order valence-corrected chi connectivity index (χ0v) is 10.9. The van der Waals surface area contributed by atoms with Crippen LogP contribution < -0.4 is 5.32 Å². The van der Waals surface area contributed by atoms with Crippen LogP contribution in [0.4, 0.5) is 4.39 Å². The Balaban J connectivity index is 2.72. The van der Waals surface area contributed by atoms with Crippen LogP contribution in [0.25, 0.3) is 0 Å². The molecule has 0 spiro atoms. The summed E-state index contributed by atoms with van der Waals surface area (Å²) in [4.78, 5) is 26.4. The highest BCUT2D eigenvalue weighted by Crippen LogP contribution is 2.25. The SMILES string of the molecule is CCC(CC)(CNC(=O)c1ccc(F)nc1)C(=O)O. The second kappa shape index (κ2) is 6.26. The minimum absolute atomic E-state index is 0.0333. The van der Waals surface area contributed by atoms with Gasteiger partial charge in [0.2, 0.25) is 5.95 Å². The molecule has 0 unspecified atom stereocenters. The number of carbonyl (C=O) groups is 2. The summed E-state index contributed by atoms with van der Waals surface area (Å²) in [6.07, 6.45) is 1.95. The first-order chi connectivity index (χ1) is 8.95. The molecule has 1 rings (SSSR count). The highest BCUT2D eigenvalue weighted by molar-refractivity contribution is 5.94. The van der Waals surface area contributed by atoms with E-state index in [1.54, 1.807) is 13.8 Å². The Bertz CT molecular complexity index is 455. The van der Waals surface area contributed by atoms with E-state index >= 15 is 0 Å². The maximum absolute atomic E-state index is 12.6. The van der Waals surface area contributed by atoms with Gasteiger partial charge < -0.3 is 10.4 Å². The van der Waals surface area contributed by atoms with Gasteiger partial charge in [-0.05, 0) is 25.0 Å². The summed E-state index contributed by atoms with van der Waals surface area (Å²) in [5, 5.41) is 11.8. The first kappa shape index (κ1) is 15.1. The highest BCUT2D eigenvalue weighted by Gasteiger charge is 2.35. The van der Waals surface area contributed by atoms with Crippen molar-refractivity contribution in [2.75, 3.05) is 6.54 Å². The average molecular weight is 268 g/mol. The lowest BCUT2D eigenvalue weighted by Gasteiger charge is -2.26. The number of pyridine rings is 1. The van der Waals surface area contributed by atoms with E-state index in [9.17, 15) is 19.1 Å². The van der Waals surface area contributed by atoms with Crippen molar-refractivity contribution in [2.45, 2.75) is 26.7 Å². The van der Waals surface area contributed by atoms with Crippen LogP contribution in [0.1, 0.15) is 37.0 Å². The number of carbonyl (C=O) groups excluding carboxylic acids is 1. The van der Waals surface area contributed by atoms with Crippen molar-refractivity contribution in [3.05, 3.63) is 29.8 Å². The lowest BCUT2D eigenvalue weighted by Crippen LogP contribution is -2.42. The van der Waals surface area contributed by atoms with E-state index in [1.165, 1.54) is 6.07 Å². The van der Waals surface area contributed by atoms with Crippen LogP contribution in [0.5, 0.6) is 0 Å². The number of aliphatic carboxylic acids is 1. The molecule has 5 nitrogen and oxygen atoms in total. The van der Waals surface area contributed by atoms with E-state index in [2.05, 4.69) is 10.3 Å². The summed E-state index contributed by atoms with van der Waals surface area (Å²) in [7, 11) is 0. The molecule has 1 heterocycles. The fourth-order valence-electron chi connectivity index (χ4n) is 1.74. The zero-order valence-electron chi connectivity index (χ0n) is 10.9. The second-order valence-corrected chi connectivity index (χ2v) is 4.34. The number of nitrogens with zero attached hydrogens (tertiary/aromatic N) is 1. The third-order valence-electron chi connectivity index (χ3n) is 3.38. The molecule has 1 aromatic rings. The summed E-state index contributed by atoms with van der Waals surface area (Å²) in [6, 6.07) is 2.39. The molecule has 0 saturated carbocycles. The molecule has 0 saturated heterocycles. The van der Waals surface area contributed by atoms with Gasteiger partial charge in [-0.25, -0.2) is 4.98 Å². The minimum atomic E-state index is -0.969. The number of hydrogen-bond acceptors (Lipinski definition) is 3. The molecule has 0 fully saturated rings. The van der Waals surface area contributed by atoms with Crippen molar-refractivity contribution in [3.8, 4) is 0 Å². The topological polar surface area (TPSA) is 79.3 Å². The molecule has 0 bridgehead atoms. The number of nitrogens with one attached hydrogen (secondary N) is 1. The molecule has 0 atom stereocenters. The summed E-state index contributed by atoms with van der Waals surface area (Å²) in [5.41, 5.74) is -0.767. The quantitative estimate of drug-likeness (QED) is 0.771. The molecule has 104 valence electrons. The third kappa shape index (κ3) is 3.49. The number of halogens is 1. The molecule has 0 aliphatic rings. The molecule has 0 aliphatic carbocycles. The smallest absolute Gasteiger partial charge is 0.311 e. The Morgan fingerprint density at radius 3 is 2.42 bits per heavy atom. The van der Waals surface area contributed by atoms with Gasteiger partial charge in [-0.2, -0.15) is 4.39 Å². The van der Waals surface area contributed by atoms with Crippen molar-refractivity contribution in [3.63, 3.8) is 0 Å². The van der Waals surface area contributed by atoms with Crippen molar-refractivity contribution in [2.24, 2.45) is 5.41 Å². The van der Waals surface area contributed by atoms with Crippen LogP contribution >= 0.6 is 0 Å². The van der Waals surface area contributed by atoms with Crippen molar-refractivity contribution >= 4 is 11.9 Å². The fourth-order valence-corrected chi connectivity index (χ4v) is 1.74. The van der Waals surface area contributed by atoms with E-state index in [4.69, 9.17) is 0 Å². The number of carboxylic acids is 1. The molecular formula is C13H17FN2O3. The summed E-state index contributed by atoms with van der Waals surface area (Å²) in [6.45, 7) is 3.57. The van der Waals surface area contributed by atoms with E-state index in [-0.39, 0.29) is 12.1 Å². The number of hydrogen-bond donors (Lipinski definition) is 2. The van der Waals surface area contributed by atoms with E-state index in [1.807, 2.05) is 0 Å². The fraction of sp³-hybridized carbons (Fsp3) is 0.462. The molecule has 0 aromatic carbocycles. The van der Waals surface area contributed by atoms with E-state index < -0.39 is 23.2 Å². The van der Waals surface area contributed by atoms with Gasteiger partial charge in [0.1, 0.15) is 0 Å². The number of carboxylic acid groups (broad SMARTS) is 1. The van der Waals surface area contributed by atoms with Gasteiger partial charge in [-0.1, -0.05) is 13.8 Å². The van der Waals surface area contributed by atoms with Gasteiger partial charge in [0.15, 0.2) is 0 Å². The predicted octanol–water partition coefficient (Wildman–Crippen LogP) is 1.84. The van der Waals surface area contributed by atoms with Gasteiger partial charge in [0, 0.05) is 12.7 Å². The van der Waals surface area contributed by atoms with Gasteiger partial charge in [0.25, 0.3) is 5.91 Å². The summed E-state index contributed by atoms with van der Waals surface area (Å²) >= 11 is 0. The van der Waals surface area contributed by atoms with Crippen LogP contribution in [0.3, 0.4) is 0 Å². The monoisotopic (exact) mass is 268 g/mol. The standard InChI is InChI=1S/C13H17FN2O3/c1-3-13(4-2,12(18)19)8-16-11(17)9-5-6-10(14)15-7-9/h5-7H,3-4,8H2,1-2H3,(H,16,17)(H,18,19). The maximum Gasteiger partial charge on any atom is 0.311 e. The maximum atomic E-state index is 12.6. The summed E-state index contributed by atoms with van der Waals surface area (Å²) in [5.74, 6) is -2.06. The highest BCUT2D eigenvalue weighted by atomic mass is 19.1. The summed E-state index contributed by atoms with van der Waals surface area (Å²) < 4.78 is 12.6. The molecule has 0 radical (unpaired) electrons. The Hall–Kier alpha value is -1.98. The molecule has 2 N–H and O–H groups in total. The van der Waals surface area contributed by atoms with Crippen LogP contribution in [-0.2, 0) is 4.79 Å². The van der Waals surface area contributed by atoms with E-state index in [0.717, 1.165) is 12.3 Å². The van der Waals surface area contributed by atoms with E-state index in [0.29, 0.717) is 12.8 Å². The Morgan fingerprint density at radius 2 is 2.00 bits per heavy atom. The average Bonchev–Trinajstić information content (AvgIpc) is 2.40. The first-order valence-corrected chi connectivity index (χ1v) is 6.08. The molecular weight excluding hydrogens is 251 g/mol. The van der Waals surface area contributed by atoms with Crippen molar-refractivity contribution in [1.82, 2.24) is 10.3 Å². The van der Waals surface area contributed by atoms with Crippen LogP contribution in [-0.4, -0.2) is 28.5 Å². The lowest BCUT2D eigenvalue weighted by molar-refractivity contribution is -0.149.